The molecule has 0 saturated heterocycles. The topological polar surface area (TPSA) is 286 Å². The van der Waals surface area contributed by atoms with Gasteiger partial charge in [-0.05, 0) is 25.7 Å². The fraction of sp³-hybridized carbons (Fsp3) is 0.433. The van der Waals surface area contributed by atoms with E-state index < -0.39 is 11.9 Å². The molecule has 0 bridgehead atoms. The van der Waals surface area contributed by atoms with Crippen molar-refractivity contribution in [2.45, 2.75) is 72.1 Å². The number of carboxylic acid groups (broad SMARTS) is 2. The molecule has 0 atom stereocenters. The van der Waals surface area contributed by atoms with E-state index in [4.69, 9.17) is 21.7 Å². The third kappa shape index (κ3) is 7.31. The molecule has 0 aliphatic rings. The minimum Gasteiger partial charge on any atom is -0.477 e. The number of aromatic carboxylic acids is 2. The summed E-state index contributed by atoms with van der Waals surface area (Å²) in [7, 11) is 3.11. The molecule has 0 amide bonds. The number of rotatable bonds is 15. The summed E-state index contributed by atoms with van der Waals surface area (Å²) in [6.45, 7) is 7.87. The minimum atomic E-state index is -1.20. The van der Waals surface area contributed by atoms with Crippen LogP contribution in [0.5, 0.6) is 0 Å². The summed E-state index contributed by atoms with van der Waals surface area (Å²) in [4.78, 5) is 37.4. The molecule has 21 heteroatoms. The molecule has 0 spiro atoms. The van der Waals surface area contributed by atoms with E-state index in [2.05, 4.69) is 45.6 Å². The molecule has 5 heterocycles. The lowest BCUT2D eigenvalue weighted by Crippen LogP contribution is -2.16. The number of unbranched alkanes of at least 4 members (excludes halogenated alkanes) is 2. The number of aryl methyl sites for hydroxylation is 4. The Morgan fingerprint density at radius 3 is 1.49 bits per heavy atom. The quantitative estimate of drug-likeness (QED) is 0.106. The molecule has 0 unspecified atom stereocenters. The molecule has 0 aliphatic heterocycles. The predicted molar refractivity (Wildman–Crippen MR) is 183 cm³/mol. The number of anilines is 2. The number of hydrogen-bond acceptors (Lipinski definition) is 15. The van der Waals surface area contributed by atoms with Crippen molar-refractivity contribution in [2.24, 2.45) is 34.6 Å². The lowest BCUT2D eigenvalue weighted by Gasteiger charge is -2.10. The highest BCUT2D eigenvalue weighted by Crippen LogP contribution is 2.34. The van der Waals surface area contributed by atoms with Gasteiger partial charge in [0.25, 0.3) is 11.9 Å². The van der Waals surface area contributed by atoms with Gasteiger partial charge >= 0.3 is 11.9 Å². The van der Waals surface area contributed by atoms with Crippen LogP contribution < -0.4 is 11.5 Å². The van der Waals surface area contributed by atoms with Crippen molar-refractivity contribution in [3.05, 3.63) is 40.7 Å². The first-order chi connectivity index (χ1) is 24.4. The number of carboxylic acids is 2. The third-order valence-electron chi connectivity index (χ3n) is 7.75. The predicted octanol–water partition coefficient (Wildman–Crippen LogP) is 4.91. The molecule has 0 aromatic carbocycles. The van der Waals surface area contributed by atoms with Crippen LogP contribution in [0.25, 0.3) is 11.9 Å². The van der Waals surface area contributed by atoms with Crippen LogP contribution in [0.15, 0.2) is 32.9 Å². The van der Waals surface area contributed by atoms with Crippen LogP contribution in [-0.4, -0.2) is 76.2 Å². The van der Waals surface area contributed by atoms with Crippen molar-refractivity contribution in [1.82, 2.24) is 54.1 Å². The van der Waals surface area contributed by atoms with E-state index in [1.807, 2.05) is 27.7 Å². The Kier molecular flexibility index (Phi) is 10.6. The average molecular weight is 702 g/mol. The van der Waals surface area contributed by atoms with E-state index in [9.17, 15) is 19.8 Å². The lowest BCUT2D eigenvalue weighted by molar-refractivity contribution is 0.0686. The second-order valence-corrected chi connectivity index (χ2v) is 11.9. The van der Waals surface area contributed by atoms with Crippen LogP contribution in [0, 0.1) is 0 Å². The molecule has 268 valence electrons. The lowest BCUT2D eigenvalue weighted by atomic mass is 10.2. The maximum atomic E-state index is 11.7. The second-order valence-electron chi connectivity index (χ2n) is 11.9. The molecule has 5 rings (SSSR count). The summed E-state index contributed by atoms with van der Waals surface area (Å²) in [5, 5.41) is 53.5. The molecule has 0 radical (unpaired) electrons. The molecule has 21 nitrogen and oxygen atoms in total. The number of nitrogens with zero attached hydrogens (tertiary/aromatic N) is 15. The fourth-order valence-electron chi connectivity index (χ4n) is 4.90. The molecular formula is C30H39N17O4. The van der Waals surface area contributed by atoms with E-state index in [-0.39, 0.29) is 63.6 Å². The summed E-state index contributed by atoms with van der Waals surface area (Å²) < 4.78 is 5.24. The Balaban J connectivity index is 1.64. The zero-order chi connectivity index (χ0) is 37.0. The number of nitrogens with two attached hydrogens (primary N) is 2. The first kappa shape index (κ1) is 35.9. The van der Waals surface area contributed by atoms with Crippen molar-refractivity contribution in [2.75, 3.05) is 11.5 Å². The molecule has 5 aromatic rings. The molecule has 0 aliphatic carbocycles. The number of aromatic nitrogens is 11. The minimum absolute atomic E-state index is 0.0317. The van der Waals surface area contributed by atoms with Crippen molar-refractivity contribution in [3.8, 4) is 11.9 Å². The van der Waals surface area contributed by atoms with Gasteiger partial charge in [0, 0.05) is 20.0 Å². The van der Waals surface area contributed by atoms with E-state index in [1.54, 1.807) is 14.1 Å². The average Bonchev–Trinajstić information content (AvgIpc) is 3.83. The van der Waals surface area contributed by atoms with Gasteiger partial charge in [-0.25, -0.2) is 19.0 Å². The van der Waals surface area contributed by atoms with Crippen LogP contribution in [0.3, 0.4) is 0 Å². The first-order valence-corrected chi connectivity index (χ1v) is 16.2. The monoisotopic (exact) mass is 701 g/mol. The highest BCUT2D eigenvalue weighted by Gasteiger charge is 2.25. The standard InChI is InChI=1S/C30H39N17O4/c1-7-9-11-18-20(38-40-25-16(27(48)49)13-33-44(25)5)22(31)46(42-18)29-35-24(15(3)4)36-30(37-29)47-23(32)21(19(43-47)12-10-8-2)39-41-26-17(28(50)51)14-34-45(26)6/h13-15H,7-12,31-32H2,1-6H3,(H,48,49)(H,50,51)/b40-38+,41-39+. The van der Waals surface area contributed by atoms with E-state index in [0.717, 1.165) is 25.7 Å². The third-order valence-corrected chi connectivity index (χ3v) is 7.75. The van der Waals surface area contributed by atoms with Gasteiger partial charge in [-0.15, -0.1) is 20.5 Å². The summed E-state index contributed by atoms with van der Waals surface area (Å²) >= 11 is 0. The van der Waals surface area contributed by atoms with E-state index >= 15 is 0 Å². The van der Waals surface area contributed by atoms with Crippen molar-refractivity contribution in [1.29, 1.82) is 0 Å². The number of hydrogen-bond donors (Lipinski definition) is 4. The van der Waals surface area contributed by atoms with Gasteiger partial charge in [-0.1, -0.05) is 40.5 Å². The van der Waals surface area contributed by atoms with Gasteiger partial charge in [0.2, 0.25) is 0 Å². The Morgan fingerprint density at radius 1 is 0.725 bits per heavy atom. The summed E-state index contributed by atoms with van der Waals surface area (Å²) in [6.07, 6.45) is 6.62. The molecule has 6 N–H and O–H groups in total. The van der Waals surface area contributed by atoms with Gasteiger partial charge in [-0.2, -0.15) is 44.7 Å². The smallest absolute Gasteiger partial charge is 0.341 e. The SMILES string of the molecule is CCCCc1nn(-c2nc(C(C)C)nc(-n3nc(CCCC)c(/N=N/c4c(C(=O)O)cnn4C)c3N)n2)c(N)c1/N=N/c1c(C(=O)O)cnn1C. The normalized spacial score (nSPS) is 11.9. The second kappa shape index (κ2) is 15.0. The Bertz CT molecular complexity index is 1990. The summed E-state index contributed by atoms with van der Waals surface area (Å²) in [6, 6.07) is 0. The molecule has 51 heavy (non-hydrogen) atoms. The molecular weight excluding hydrogens is 662 g/mol. The largest absolute Gasteiger partial charge is 0.477 e. The zero-order valence-electron chi connectivity index (χ0n) is 29.0. The maximum Gasteiger partial charge on any atom is 0.341 e. The van der Waals surface area contributed by atoms with Gasteiger partial charge in [0.1, 0.15) is 17.0 Å². The Hall–Kier alpha value is -6.41. The van der Waals surface area contributed by atoms with Gasteiger partial charge in [0.05, 0.1) is 23.8 Å². The molecule has 0 saturated carbocycles. The Morgan fingerprint density at radius 2 is 1.14 bits per heavy atom. The van der Waals surface area contributed by atoms with Crippen molar-refractivity contribution in [3.63, 3.8) is 0 Å². The van der Waals surface area contributed by atoms with Crippen molar-refractivity contribution < 1.29 is 19.8 Å². The van der Waals surface area contributed by atoms with E-state index in [1.165, 1.54) is 31.1 Å². The van der Waals surface area contributed by atoms with E-state index in [0.29, 0.717) is 30.1 Å². The Labute approximate surface area is 291 Å². The number of nitrogen functional groups attached to an aromatic ring is 2. The highest BCUT2D eigenvalue weighted by molar-refractivity contribution is 5.92. The highest BCUT2D eigenvalue weighted by atomic mass is 16.4. The van der Waals surface area contributed by atoms with Crippen molar-refractivity contribution >= 4 is 46.6 Å². The summed E-state index contributed by atoms with van der Waals surface area (Å²) in [5.41, 5.74) is 14.5. The molecule has 0 fully saturated rings. The van der Waals surface area contributed by atoms with Gasteiger partial charge in [0.15, 0.2) is 34.6 Å². The molecule has 5 aromatic heterocycles. The number of azo groups is 2. The fourth-order valence-corrected chi connectivity index (χ4v) is 4.90. The van der Waals surface area contributed by atoms with Gasteiger partial charge in [-0.3, -0.25) is 0 Å². The van der Waals surface area contributed by atoms with Crippen LogP contribution in [0.4, 0.5) is 34.6 Å². The first-order valence-electron chi connectivity index (χ1n) is 16.2. The maximum absolute atomic E-state index is 11.7. The van der Waals surface area contributed by atoms with Gasteiger partial charge < -0.3 is 21.7 Å². The van der Waals surface area contributed by atoms with Crippen LogP contribution in [-0.2, 0) is 26.9 Å². The summed E-state index contributed by atoms with van der Waals surface area (Å²) in [5.74, 6) is -1.88. The van der Waals surface area contributed by atoms with Crippen LogP contribution >= 0.6 is 0 Å². The number of carbonyl (C=O) groups is 2. The van der Waals surface area contributed by atoms with Crippen LogP contribution in [0.2, 0.25) is 0 Å². The van der Waals surface area contributed by atoms with Crippen LogP contribution in [0.1, 0.15) is 97.2 Å². The zero-order valence-corrected chi connectivity index (χ0v) is 29.0.